The van der Waals surface area contributed by atoms with Crippen molar-refractivity contribution in [2.45, 2.75) is 83.0 Å². The van der Waals surface area contributed by atoms with Crippen LogP contribution in [0, 0.1) is 0 Å². The molecule has 25 heavy (non-hydrogen) atoms. The van der Waals surface area contributed by atoms with Crippen molar-refractivity contribution in [3.8, 4) is 0 Å². The zero-order chi connectivity index (χ0) is 18.9. The SMILES string of the molecule is CCCCC/C=C\C/C=C\CC(O)/C=C/C(O)C(O)CCCC(=O)O. The van der Waals surface area contributed by atoms with Gasteiger partial charge in [-0.1, -0.05) is 56.2 Å². The van der Waals surface area contributed by atoms with Crippen LogP contribution < -0.4 is 0 Å². The molecule has 3 unspecified atom stereocenters. The molecule has 0 aromatic rings. The van der Waals surface area contributed by atoms with Gasteiger partial charge in [-0.15, -0.1) is 0 Å². The number of hydrogen-bond donors (Lipinski definition) is 4. The third kappa shape index (κ3) is 15.8. The van der Waals surface area contributed by atoms with Crippen molar-refractivity contribution in [2.24, 2.45) is 0 Å². The fourth-order valence-electron chi connectivity index (χ4n) is 2.22. The summed E-state index contributed by atoms with van der Waals surface area (Å²) in [6, 6.07) is 0. The molecule has 0 radical (unpaired) electrons. The van der Waals surface area contributed by atoms with Crippen molar-refractivity contribution in [1.29, 1.82) is 0 Å². The Hall–Kier alpha value is -1.43. The average Bonchev–Trinajstić information content (AvgIpc) is 2.57. The number of hydrogen-bond acceptors (Lipinski definition) is 4. The van der Waals surface area contributed by atoms with Crippen LogP contribution >= 0.6 is 0 Å². The first-order valence-corrected chi connectivity index (χ1v) is 9.21. The van der Waals surface area contributed by atoms with Gasteiger partial charge in [-0.25, -0.2) is 0 Å². The molecule has 0 aromatic carbocycles. The maximum Gasteiger partial charge on any atom is 0.303 e. The number of rotatable bonds is 15. The molecule has 0 aliphatic carbocycles. The van der Waals surface area contributed by atoms with Gasteiger partial charge in [0.1, 0.15) is 0 Å². The van der Waals surface area contributed by atoms with Crippen molar-refractivity contribution in [3.05, 3.63) is 36.5 Å². The molecular formula is C20H34O5. The first-order chi connectivity index (χ1) is 12.0. The van der Waals surface area contributed by atoms with E-state index in [9.17, 15) is 20.1 Å². The Kier molecular flexibility index (Phi) is 15.1. The van der Waals surface area contributed by atoms with Gasteiger partial charge in [0.2, 0.25) is 0 Å². The minimum Gasteiger partial charge on any atom is -0.481 e. The summed E-state index contributed by atoms with van der Waals surface area (Å²) in [7, 11) is 0. The van der Waals surface area contributed by atoms with Gasteiger partial charge in [0, 0.05) is 6.42 Å². The van der Waals surface area contributed by atoms with Crippen LogP contribution in [0.5, 0.6) is 0 Å². The van der Waals surface area contributed by atoms with Gasteiger partial charge in [-0.05, 0) is 38.5 Å². The maximum atomic E-state index is 10.4. The van der Waals surface area contributed by atoms with Gasteiger partial charge in [-0.3, -0.25) is 4.79 Å². The quantitative estimate of drug-likeness (QED) is 0.267. The molecule has 144 valence electrons. The minimum absolute atomic E-state index is 0.0338. The Morgan fingerprint density at radius 2 is 1.68 bits per heavy atom. The highest BCUT2D eigenvalue weighted by Gasteiger charge is 2.13. The van der Waals surface area contributed by atoms with E-state index in [0.29, 0.717) is 12.8 Å². The predicted octanol–water partition coefficient (Wildman–Crippen LogP) is 3.35. The molecular weight excluding hydrogens is 320 g/mol. The van der Waals surface area contributed by atoms with Crippen LogP contribution in [0.15, 0.2) is 36.5 Å². The Bertz CT molecular complexity index is 414. The third-order valence-electron chi connectivity index (χ3n) is 3.77. The molecule has 0 saturated heterocycles. The van der Waals surface area contributed by atoms with E-state index in [1.807, 2.05) is 12.2 Å². The largest absolute Gasteiger partial charge is 0.481 e. The Morgan fingerprint density at radius 3 is 2.36 bits per heavy atom. The number of aliphatic carboxylic acids is 1. The first kappa shape index (κ1) is 23.6. The molecule has 0 amide bonds. The second-order valence-corrected chi connectivity index (χ2v) is 6.21. The van der Waals surface area contributed by atoms with Crippen LogP contribution in [0.1, 0.15) is 64.7 Å². The lowest BCUT2D eigenvalue weighted by Crippen LogP contribution is -2.24. The minimum atomic E-state index is -1.10. The molecule has 0 rings (SSSR count). The van der Waals surface area contributed by atoms with Gasteiger partial charge in [0.05, 0.1) is 18.3 Å². The van der Waals surface area contributed by atoms with Gasteiger partial charge in [-0.2, -0.15) is 0 Å². The summed E-state index contributed by atoms with van der Waals surface area (Å²) in [4.78, 5) is 10.4. The second-order valence-electron chi connectivity index (χ2n) is 6.21. The highest BCUT2D eigenvalue weighted by atomic mass is 16.4. The third-order valence-corrected chi connectivity index (χ3v) is 3.77. The topological polar surface area (TPSA) is 98.0 Å². The van der Waals surface area contributed by atoms with Gasteiger partial charge in [0.25, 0.3) is 0 Å². The van der Waals surface area contributed by atoms with Crippen LogP contribution in [0.3, 0.4) is 0 Å². The number of carboxylic acid groups (broad SMARTS) is 1. The monoisotopic (exact) mass is 354 g/mol. The fourth-order valence-corrected chi connectivity index (χ4v) is 2.22. The molecule has 5 nitrogen and oxygen atoms in total. The standard InChI is InChI=1S/C20H34O5/c1-2-3-4-5-6-7-8-9-10-12-17(21)15-16-19(23)18(22)13-11-14-20(24)25/h6-7,9-10,15-19,21-23H,2-5,8,11-14H2,1H3,(H,24,25)/b7-6-,10-9-,16-15+. The molecule has 0 saturated carbocycles. The lowest BCUT2D eigenvalue weighted by Gasteiger charge is -2.14. The average molecular weight is 354 g/mol. The molecule has 3 atom stereocenters. The molecule has 0 bridgehead atoms. The van der Waals surface area contributed by atoms with Crippen molar-refractivity contribution in [1.82, 2.24) is 0 Å². The number of aliphatic hydroxyl groups excluding tert-OH is 3. The van der Waals surface area contributed by atoms with Crippen LogP contribution in [0.4, 0.5) is 0 Å². The fraction of sp³-hybridized carbons (Fsp3) is 0.650. The highest BCUT2D eigenvalue weighted by Crippen LogP contribution is 2.08. The zero-order valence-corrected chi connectivity index (χ0v) is 15.3. The maximum absolute atomic E-state index is 10.4. The second kappa shape index (κ2) is 16.1. The van der Waals surface area contributed by atoms with E-state index in [4.69, 9.17) is 5.11 Å². The zero-order valence-electron chi connectivity index (χ0n) is 15.3. The smallest absolute Gasteiger partial charge is 0.303 e. The first-order valence-electron chi connectivity index (χ1n) is 9.21. The molecule has 0 fully saturated rings. The normalized spacial score (nSPS) is 16.0. The summed E-state index contributed by atoms with van der Waals surface area (Å²) in [5.41, 5.74) is 0. The van der Waals surface area contributed by atoms with Crippen molar-refractivity contribution in [2.75, 3.05) is 0 Å². The van der Waals surface area contributed by atoms with E-state index in [1.165, 1.54) is 31.4 Å². The van der Waals surface area contributed by atoms with Crippen molar-refractivity contribution < 1.29 is 25.2 Å². The number of carbonyl (C=O) groups is 1. The van der Waals surface area contributed by atoms with Crippen LogP contribution in [0.2, 0.25) is 0 Å². The molecule has 0 aromatic heterocycles. The summed E-state index contributed by atoms with van der Waals surface area (Å²) in [5, 5.41) is 37.8. The summed E-state index contributed by atoms with van der Waals surface area (Å²) >= 11 is 0. The van der Waals surface area contributed by atoms with E-state index < -0.39 is 24.3 Å². The molecule has 5 heteroatoms. The summed E-state index contributed by atoms with van der Waals surface area (Å²) in [6.07, 6.45) is 14.8. The van der Waals surface area contributed by atoms with Gasteiger partial charge >= 0.3 is 5.97 Å². The number of unbranched alkanes of at least 4 members (excludes halogenated alkanes) is 3. The summed E-state index contributed by atoms with van der Waals surface area (Å²) in [6.45, 7) is 2.19. The van der Waals surface area contributed by atoms with E-state index in [-0.39, 0.29) is 12.8 Å². The molecule has 0 heterocycles. The van der Waals surface area contributed by atoms with Gasteiger partial charge in [0.15, 0.2) is 0 Å². The van der Waals surface area contributed by atoms with Crippen molar-refractivity contribution >= 4 is 5.97 Å². The molecule has 4 N–H and O–H groups in total. The van der Waals surface area contributed by atoms with E-state index in [1.54, 1.807) is 0 Å². The van der Waals surface area contributed by atoms with Crippen LogP contribution in [-0.2, 0) is 4.79 Å². The van der Waals surface area contributed by atoms with Crippen LogP contribution in [-0.4, -0.2) is 44.7 Å². The Labute approximate surface area is 151 Å². The summed E-state index contributed by atoms with van der Waals surface area (Å²) < 4.78 is 0. The highest BCUT2D eigenvalue weighted by molar-refractivity contribution is 5.66. The van der Waals surface area contributed by atoms with Gasteiger partial charge < -0.3 is 20.4 Å². The van der Waals surface area contributed by atoms with E-state index >= 15 is 0 Å². The number of aliphatic hydroxyl groups is 3. The number of allylic oxidation sites excluding steroid dienone is 3. The Morgan fingerprint density at radius 1 is 0.960 bits per heavy atom. The lowest BCUT2D eigenvalue weighted by atomic mass is 10.1. The molecule has 0 spiro atoms. The molecule has 0 aliphatic heterocycles. The van der Waals surface area contributed by atoms with E-state index in [0.717, 1.165) is 12.8 Å². The predicted molar refractivity (Wildman–Crippen MR) is 100 cm³/mol. The Balaban J connectivity index is 3.87. The van der Waals surface area contributed by atoms with Crippen LogP contribution in [0.25, 0.3) is 0 Å². The number of carboxylic acids is 1. The van der Waals surface area contributed by atoms with E-state index in [2.05, 4.69) is 19.1 Å². The molecule has 0 aliphatic rings. The lowest BCUT2D eigenvalue weighted by molar-refractivity contribution is -0.137. The summed E-state index contributed by atoms with van der Waals surface area (Å²) in [5.74, 6) is -0.921. The van der Waals surface area contributed by atoms with Crippen molar-refractivity contribution in [3.63, 3.8) is 0 Å².